The number of Topliss-reactive ketones (excluding diaryl/α,β-unsaturated/α-hetero) is 1. The lowest BCUT2D eigenvalue weighted by atomic mass is 9.83. The number of hydrogen-bond acceptors (Lipinski definition) is 1. The predicted octanol–water partition coefficient (Wildman–Crippen LogP) is 4.80. The monoisotopic (exact) mass is 290 g/mol. The Kier molecular flexibility index (Phi) is 3.94. The molecule has 1 aliphatic carbocycles. The average molecular weight is 290 g/mol. The van der Waals surface area contributed by atoms with Gasteiger partial charge in [-0.15, -0.1) is 0 Å². The lowest BCUT2D eigenvalue weighted by molar-refractivity contribution is 0.0916. The number of benzene rings is 1. The van der Waals surface area contributed by atoms with Crippen LogP contribution in [0.3, 0.4) is 0 Å². The molecule has 110 valence electrons. The highest BCUT2D eigenvalue weighted by Crippen LogP contribution is 2.66. The molecule has 2 fully saturated rings. The largest absolute Gasteiger partial charge is 0.293 e. The molecule has 0 bridgehead atoms. The van der Waals surface area contributed by atoms with E-state index < -0.39 is 10.0 Å². The molecule has 20 heavy (non-hydrogen) atoms. The summed E-state index contributed by atoms with van der Waals surface area (Å²) in [5, 5.41) is 0. The van der Waals surface area contributed by atoms with Crippen LogP contribution in [-0.2, 0) is 0 Å². The van der Waals surface area contributed by atoms with Crippen molar-refractivity contribution in [2.75, 3.05) is 17.8 Å². The lowest BCUT2D eigenvalue weighted by Crippen LogP contribution is -2.46. The van der Waals surface area contributed by atoms with Crippen LogP contribution < -0.4 is 0 Å². The fraction of sp³-hybridized carbons (Fsp3) is 0.611. The van der Waals surface area contributed by atoms with Crippen LogP contribution in [0.15, 0.2) is 30.3 Å². The number of carbonyl (C=O) groups excluding carboxylic acids is 1. The molecule has 3 rings (SSSR count). The van der Waals surface area contributed by atoms with Gasteiger partial charge in [-0.3, -0.25) is 4.79 Å². The molecule has 2 heteroatoms. The Morgan fingerprint density at radius 1 is 0.950 bits per heavy atom. The Morgan fingerprint density at radius 3 is 2.15 bits per heavy atom. The van der Waals surface area contributed by atoms with Crippen LogP contribution in [0.4, 0.5) is 0 Å². The normalized spacial score (nSPS) is 26.1. The van der Waals surface area contributed by atoms with E-state index in [1.807, 2.05) is 30.3 Å². The molecule has 1 heterocycles. The van der Waals surface area contributed by atoms with E-state index in [4.69, 9.17) is 0 Å². The molecule has 1 aromatic rings. The van der Waals surface area contributed by atoms with E-state index in [1.165, 1.54) is 43.6 Å². The van der Waals surface area contributed by atoms with Crippen molar-refractivity contribution in [3.05, 3.63) is 35.9 Å². The Morgan fingerprint density at radius 2 is 1.55 bits per heavy atom. The molecule has 0 aromatic heterocycles. The number of hydrogen-bond donors (Lipinski definition) is 0. The molecule has 1 saturated heterocycles. The van der Waals surface area contributed by atoms with Crippen molar-refractivity contribution >= 4 is 15.8 Å². The fourth-order valence-electron chi connectivity index (χ4n) is 4.25. The Hall–Kier alpha value is -0.760. The highest BCUT2D eigenvalue weighted by atomic mass is 32.3. The zero-order valence-corrected chi connectivity index (χ0v) is 13.4. The Bertz CT molecular complexity index is 467. The van der Waals surface area contributed by atoms with Crippen LogP contribution in [-0.4, -0.2) is 28.3 Å². The van der Waals surface area contributed by atoms with Crippen LogP contribution in [0.25, 0.3) is 0 Å². The van der Waals surface area contributed by atoms with E-state index in [-0.39, 0.29) is 4.75 Å². The van der Waals surface area contributed by atoms with E-state index in [1.54, 1.807) is 0 Å². The number of carbonyl (C=O) groups is 1. The van der Waals surface area contributed by atoms with Gasteiger partial charge in [0.2, 0.25) is 0 Å². The van der Waals surface area contributed by atoms with Crippen LogP contribution in [0.1, 0.15) is 55.3 Å². The molecule has 0 spiro atoms. The second-order valence-electron chi connectivity index (χ2n) is 6.64. The van der Waals surface area contributed by atoms with Crippen LogP contribution in [0.5, 0.6) is 0 Å². The highest BCUT2D eigenvalue weighted by Gasteiger charge is 2.51. The van der Waals surface area contributed by atoms with E-state index in [0.717, 1.165) is 18.4 Å². The van der Waals surface area contributed by atoms with Gasteiger partial charge < -0.3 is 0 Å². The minimum absolute atomic E-state index is 0.00308. The van der Waals surface area contributed by atoms with Crippen molar-refractivity contribution in [3.63, 3.8) is 0 Å². The van der Waals surface area contributed by atoms with Gasteiger partial charge in [-0.2, -0.15) is 0 Å². The first-order valence-corrected chi connectivity index (χ1v) is 10.4. The van der Waals surface area contributed by atoms with Gasteiger partial charge in [-0.1, -0.05) is 49.6 Å². The average Bonchev–Trinajstić information content (AvgIpc) is 2.96. The number of rotatable bonds is 3. The Balaban J connectivity index is 1.99. The predicted molar refractivity (Wildman–Crippen MR) is 89.1 cm³/mol. The van der Waals surface area contributed by atoms with Gasteiger partial charge in [-0.25, -0.2) is 10.0 Å². The van der Waals surface area contributed by atoms with Crippen molar-refractivity contribution in [1.82, 2.24) is 0 Å². The second-order valence-corrected chi connectivity index (χ2v) is 10.8. The van der Waals surface area contributed by atoms with E-state index in [0.29, 0.717) is 5.78 Å². The van der Waals surface area contributed by atoms with Gasteiger partial charge in [0.05, 0.1) is 4.75 Å². The minimum atomic E-state index is -0.764. The smallest absolute Gasteiger partial charge is 0.177 e. The zero-order chi connectivity index (χ0) is 14.1. The van der Waals surface area contributed by atoms with E-state index >= 15 is 0 Å². The van der Waals surface area contributed by atoms with Gasteiger partial charge >= 0.3 is 0 Å². The van der Waals surface area contributed by atoms with Crippen molar-refractivity contribution < 1.29 is 4.79 Å². The standard InChI is InChI=1S/C18H26OS/c1-20(14-8-9-15-20)18(12-6-3-7-13-18)17(19)16-10-4-2-5-11-16/h2,4-5,10-11H,3,6-9,12-15H2,1H3. The third-order valence-corrected chi connectivity index (χ3v) is 10.4. The molecule has 0 amide bonds. The maximum atomic E-state index is 13.3. The first kappa shape index (κ1) is 14.2. The molecule has 0 radical (unpaired) electrons. The maximum absolute atomic E-state index is 13.3. The minimum Gasteiger partial charge on any atom is -0.293 e. The summed E-state index contributed by atoms with van der Waals surface area (Å²) in [6.07, 6.45) is 11.3. The summed E-state index contributed by atoms with van der Waals surface area (Å²) >= 11 is 0. The summed E-state index contributed by atoms with van der Waals surface area (Å²) in [6.45, 7) is 0. The van der Waals surface area contributed by atoms with Crippen molar-refractivity contribution in [2.45, 2.75) is 49.7 Å². The molecule has 1 aromatic carbocycles. The molecular formula is C18H26OS. The van der Waals surface area contributed by atoms with E-state index in [2.05, 4.69) is 6.26 Å². The van der Waals surface area contributed by atoms with Gasteiger partial charge in [0.15, 0.2) is 5.78 Å². The SMILES string of the molecule is CS1(C2(C(=O)c3ccccc3)CCCCC2)CCCC1. The summed E-state index contributed by atoms with van der Waals surface area (Å²) in [5.74, 6) is 3.12. The Labute approximate surface area is 124 Å². The third kappa shape index (κ3) is 2.22. The lowest BCUT2D eigenvalue weighted by Gasteiger charge is -2.52. The van der Waals surface area contributed by atoms with Gasteiger partial charge in [-0.05, 0) is 43.4 Å². The van der Waals surface area contributed by atoms with Crippen molar-refractivity contribution in [2.24, 2.45) is 0 Å². The fourth-order valence-corrected chi connectivity index (χ4v) is 8.76. The summed E-state index contributed by atoms with van der Waals surface area (Å²) < 4.78 is 0.00308. The van der Waals surface area contributed by atoms with Crippen LogP contribution >= 0.6 is 10.0 Å². The van der Waals surface area contributed by atoms with Crippen LogP contribution in [0, 0.1) is 0 Å². The molecular weight excluding hydrogens is 264 g/mol. The highest BCUT2D eigenvalue weighted by molar-refractivity contribution is 8.35. The maximum Gasteiger partial charge on any atom is 0.177 e. The first-order chi connectivity index (χ1) is 9.68. The van der Waals surface area contributed by atoms with E-state index in [9.17, 15) is 4.79 Å². The molecule has 0 unspecified atom stereocenters. The molecule has 0 N–H and O–H groups in total. The van der Waals surface area contributed by atoms with Crippen molar-refractivity contribution in [3.8, 4) is 0 Å². The quantitative estimate of drug-likeness (QED) is 0.731. The van der Waals surface area contributed by atoms with Gasteiger partial charge in [0.25, 0.3) is 0 Å². The van der Waals surface area contributed by atoms with Gasteiger partial charge in [0.1, 0.15) is 0 Å². The summed E-state index contributed by atoms with van der Waals surface area (Å²) in [6, 6.07) is 10.1. The molecule has 1 nitrogen and oxygen atoms in total. The molecule has 1 aliphatic heterocycles. The molecule has 2 aliphatic rings. The summed E-state index contributed by atoms with van der Waals surface area (Å²) in [7, 11) is -0.764. The number of ketones is 1. The van der Waals surface area contributed by atoms with Gasteiger partial charge in [0, 0.05) is 5.56 Å². The first-order valence-electron chi connectivity index (χ1n) is 8.01. The summed E-state index contributed by atoms with van der Waals surface area (Å²) in [5.41, 5.74) is 0.954. The zero-order valence-electron chi connectivity index (χ0n) is 12.6. The molecule has 1 saturated carbocycles. The topological polar surface area (TPSA) is 17.1 Å². The summed E-state index contributed by atoms with van der Waals surface area (Å²) in [4.78, 5) is 13.3. The molecule has 0 atom stereocenters. The van der Waals surface area contributed by atoms with Crippen molar-refractivity contribution in [1.29, 1.82) is 0 Å². The van der Waals surface area contributed by atoms with Crippen LogP contribution in [0.2, 0.25) is 0 Å². The third-order valence-electron chi connectivity index (χ3n) is 5.49. The second kappa shape index (κ2) is 5.55.